The van der Waals surface area contributed by atoms with Gasteiger partial charge in [0.15, 0.2) is 0 Å². The molecular formula is C17H23N5. The van der Waals surface area contributed by atoms with E-state index in [-0.39, 0.29) is 0 Å². The third kappa shape index (κ3) is 1.87. The maximum Gasteiger partial charge on any atom is 0.254 e. The molecule has 2 aliphatic carbocycles. The molecule has 1 aliphatic heterocycles. The summed E-state index contributed by atoms with van der Waals surface area (Å²) in [5.74, 6) is 3.93. The van der Waals surface area contributed by atoms with E-state index in [1.807, 2.05) is 4.52 Å². The Morgan fingerprint density at radius 2 is 1.91 bits per heavy atom. The van der Waals surface area contributed by atoms with E-state index in [1.165, 1.54) is 68.7 Å². The Morgan fingerprint density at radius 1 is 1.00 bits per heavy atom. The zero-order chi connectivity index (χ0) is 14.5. The van der Waals surface area contributed by atoms with E-state index in [1.54, 1.807) is 6.33 Å². The molecule has 1 saturated carbocycles. The van der Waals surface area contributed by atoms with Crippen LogP contribution < -0.4 is 4.90 Å². The smallest absolute Gasteiger partial charge is 0.254 e. The standard InChI is InChI=1S/C17H23N5/c1-2-5-13-10-21(9-8-12(13)4-1)16-14-6-3-7-15(14)20-17-18-11-19-22(16)17/h11-13H,1-10H2/t12-,13-/m1/s1. The average molecular weight is 297 g/mol. The maximum absolute atomic E-state index is 4.72. The van der Waals surface area contributed by atoms with Crippen LogP contribution in [0.15, 0.2) is 6.33 Å². The highest BCUT2D eigenvalue weighted by Gasteiger charge is 2.34. The number of fused-ring (bicyclic) bond motifs is 3. The van der Waals surface area contributed by atoms with Gasteiger partial charge in [-0.3, -0.25) is 0 Å². The molecule has 3 heterocycles. The van der Waals surface area contributed by atoms with E-state index in [0.717, 1.165) is 30.5 Å². The van der Waals surface area contributed by atoms with Gasteiger partial charge < -0.3 is 4.90 Å². The minimum absolute atomic E-state index is 0.779. The van der Waals surface area contributed by atoms with Gasteiger partial charge in [-0.15, -0.1) is 0 Å². The van der Waals surface area contributed by atoms with Gasteiger partial charge >= 0.3 is 0 Å². The SMILES string of the molecule is c1nc2nc3c(c(N4CC[C@H]5CCCC[C@@H]5C4)n2n1)CCC3. The van der Waals surface area contributed by atoms with E-state index in [0.29, 0.717) is 0 Å². The zero-order valence-electron chi connectivity index (χ0n) is 13.0. The van der Waals surface area contributed by atoms with Crippen LogP contribution in [-0.4, -0.2) is 32.7 Å². The van der Waals surface area contributed by atoms with Crippen molar-refractivity contribution in [3.05, 3.63) is 17.6 Å². The van der Waals surface area contributed by atoms with Crippen molar-refractivity contribution in [2.24, 2.45) is 11.8 Å². The minimum Gasteiger partial charge on any atom is -0.356 e. The van der Waals surface area contributed by atoms with Gasteiger partial charge in [-0.25, -0.2) is 4.98 Å². The molecule has 0 bridgehead atoms. The fraction of sp³-hybridized carbons (Fsp3) is 0.706. The third-order valence-corrected chi connectivity index (χ3v) is 6.01. The highest BCUT2D eigenvalue weighted by Crippen LogP contribution is 2.39. The van der Waals surface area contributed by atoms with Crippen molar-refractivity contribution in [3.8, 4) is 0 Å². The second-order valence-corrected chi connectivity index (χ2v) is 7.23. The molecule has 116 valence electrons. The summed E-state index contributed by atoms with van der Waals surface area (Å²) >= 11 is 0. The van der Waals surface area contributed by atoms with Gasteiger partial charge in [0.05, 0.1) is 5.69 Å². The summed E-state index contributed by atoms with van der Waals surface area (Å²) in [4.78, 5) is 11.7. The lowest BCUT2D eigenvalue weighted by Gasteiger charge is -2.42. The monoisotopic (exact) mass is 297 g/mol. The highest BCUT2D eigenvalue weighted by molar-refractivity contribution is 5.56. The lowest BCUT2D eigenvalue weighted by molar-refractivity contribution is 0.201. The van der Waals surface area contributed by atoms with E-state index >= 15 is 0 Å². The zero-order valence-corrected chi connectivity index (χ0v) is 13.0. The van der Waals surface area contributed by atoms with Crippen molar-refractivity contribution in [1.29, 1.82) is 0 Å². The molecule has 1 saturated heterocycles. The van der Waals surface area contributed by atoms with Gasteiger partial charge in [0.2, 0.25) is 0 Å². The summed E-state index contributed by atoms with van der Waals surface area (Å²) < 4.78 is 1.99. The van der Waals surface area contributed by atoms with Crippen LogP contribution in [0.2, 0.25) is 0 Å². The minimum atomic E-state index is 0.779. The molecule has 0 radical (unpaired) electrons. The first-order valence-electron chi connectivity index (χ1n) is 8.86. The average Bonchev–Trinajstić information content (AvgIpc) is 3.20. The van der Waals surface area contributed by atoms with Crippen LogP contribution >= 0.6 is 0 Å². The number of piperidine rings is 1. The van der Waals surface area contributed by atoms with Crippen molar-refractivity contribution in [1.82, 2.24) is 19.6 Å². The van der Waals surface area contributed by atoms with E-state index < -0.39 is 0 Å². The topological polar surface area (TPSA) is 46.3 Å². The van der Waals surface area contributed by atoms with Crippen LogP contribution in [-0.2, 0) is 12.8 Å². The number of hydrogen-bond donors (Lipinski definition) is 0. The second kappa shape index (κ2) is 4.93. The van der Waals surface area contributed by atoms with Crippen molar-refractivity contribution in [2.45, 2.75) is 51.4 Å². The van der Waals surface area contributed by atoms with Crippen LogP contribution in [0, 0.1) is 11.8 Å². The highest BCUT2D eigenvalue weighted by atomic mass is 15.4. The first-order valence-corrected chi connectivity index (χ1v) is 8.86. The summed E-state index contributed by atoms with van der Waals surface area (Å²) in [7, 11) is 0. The number of hydrogen-bond acceptors (Lipinski definition) is 4. The molecule has 0 aromatic carbocycles. The molecule has 22 heavy (non-hydrogen) atoms. The van der Waals surface area contributed by atoms with E-state index in [9.17, 15) is 0 Å². The fourth-order valence-corrected chi connectivity index (χ4v) is 4.92. The Balaban J connectivity index is 1.57. The van der Waals surface area contributed by atoms with Gasteiger partial charge in [0.1, 0.15) is 12.1 Å². The summed E-state index contributed by atoms with van der Waals surface area (Å²) in [5.41, 5.74) is 2.70. The Bertz CT molecular complexity index is 706. The Morgan fingerprint density at radius 3 is 2.86 bits per heavy atom. The lowest BCUT2D eigenvalue weighted by Crippen LogP contribution is -2.43. The second-order valence-electron chi connectivity index (χ2n) is 7.23. The molecule has 0 N–H and O–H groups in total. The lowest BCUT2D eigenvalue weighted by atomic mass is 9.75. The van der Waals surface area contributed by atoms with E-state index in [4.69, 9.17) is 4.98 Å². The van der Waals surface area contributed by atoms with Gasteiger partial charge in [0, 0.05) is 18.7 Å². The molecule has 5 rings (SSSR count). The Labute approximate surface area is 130 Å². The van der Waals surface area contributed by atoms with Gasteiger partial charge in [-0.1, -0.05) is 19.3 Å². The van der Waals surface area contributed by atoms with Gasteiger partial charge in [-0.2, -0.15) is 14.6 Å². The number of aromatic nitrogens is 4. The van der Waals surface area contributed by atoms with Crippen LogP contribution in [0.3, 0.4) is 0 Å². The van der Waals surface area contributed by atoms with Crippen LogP contribution in [0.5, 0.6) is 0 Å². The molecule has 5 nitrogen and oxygen atoms in total. The van der Waals surface area contributed by atoms with Crippen molar-refractivity contribution in [3.63, 3.8) is 0 Å². The molecule has 0 amide bonds. The largest absolute Gasteiger partial charge is 0.356 e. The number of anilines is 1. The number of nitrogens with zero attached hydrogens (tertiary/aromatic N) is 5. The molecule has 2 fully saturated rings. The first kappa shape index (κ1) is 12.9. The molecule has 0 unspecified atom stereocenters. The summed E-state index contributed by atoms with van der Waals surface area (Å²) in [6.45, 7) is 2.38. The van der Waals surface area contributed by atoms with Crippen LogP contribution in [0.4, 0.5) is 5.82 Å². The third-order valence-electron chi connectivity index (χ3n) is 6.01. The van der Waals surface area contributed by atoms with Crippen molar-refractivity contribution in [2.75, 3.05) is 18.0 Å². The molecule has 2 atom stereocenters. The van der Waals surface area contributed by atoms with Gasteiger partial charge in [0.25, 0.3) is 5.78 Å². The first-order chi connectivity index (χ1) is 10.9. The predicted octanol–water partition coefficient (Wildman–Crippen LogP) is 2.63. The van der Waals surface area contributed by atoms with Gasteiger partial charge in [-0.05, 0) is 43.9 Å². The molecule has 5 heteroatoms. The summed E-state index contributed by atoms with van der Waals surface area (Å²) in [5, 5.41) is 4.48. The molecule has 0 spiro atoms. The van der Waals surface area contributed by atoms with Crippen molar-refractivity contribution >= 4 is 11.6 Å². The normalized spacial score (nSPS) is 27.9. The molecule has 3 aliphatic rings. The quantitative estimate of drug-likeness (QED) is 0.812. The van der Waals surface area contributed by atoms with Crippen molar-refractivity contribution < 1.29 is 0 Å². The molecule has 2 aromatic heterocycles. The summed E-state index contributed by atoms with van der Waals surface area (Å²) in [6.07, 6.45) is 12.2. The summed E-state index contributed by atoms with van der Waals surface area (Å²) in [6, 6.07) is 0. The Kier molecular flexibility index (Phi) is 2.88. The number of rotatable bonds is 1. The molecular weight excluding hydrogens is 274 g/mol. The predicted molar refractivity (Wildman–Crippen MR) is 85.1 cm³/mol. The maximum atomic E-state index is 4.72. The number of aryl methyl sites for hydroxylation is 1. The Hall–Kier alpha value is -1.65. The molecule has 2 aromatic rings. The van der Waals surface area contributed by atoms with Crippen LogP contribution in [0.1, 0.15) is 49.8 Å². The van der Waals surface area contributed by atoms with Crippen LogP contribution in [0.25, 0.3) is 5.78 Å². The fourth-order valence-electron chi connectivity index (χ4n) is 4.92. The van der Waals surface area contributed by atoms with E-state index in [2.05, 4.69) is 15.0 Å².